The first-order valence-electron chi connectivity index (χ1n) is 10.00. The number of hydrogen-bond acceptors (Lipinski definition) is 5. The molecule has 150 valence electrons. The quantitative estimate of drug-likeness (QED) is 0.607. The first kappa shape index (κ1) is 19.2. The summed E-state index contributed by atoms with van der Waals surface area (Å²) >= 11 is 0. The van der Waals surface area contributed by atoms with E-state index in [0.29, 0.717) is 16.9 Å². The molecule has 1 aliphatic rings. The molecule has 1 saturated carbocycles. The van der Waals surface area contributed by atoms with Gasteiger partial charge in [0, 0.05) is 11.5 Å². The molecule has 1 aliphatic carbocycles. The Kier molecular flexibility index (Phi) is 5.60. The molecule has 3 aromatic rings. The summed E-state index contributed by atoms with van der Waals surface area (Å²) < 4.78 is 12.3. The van der Waals surface area contributed by atoms with Gasteiger partial charge in [-0.1, -0.05) is 37.5 Å². The molecule has 6 nitrogen and oxygen atoms in total. The molecule has 0 saturated heterocycles. The molecule has 29 heavy (non-hydrogen) atoms. The van der Waals surface area contributed by atoms with Gasteiger partial charge in [-0.15, -0.1) is 0 Å². The molecule has 0 radical (unpaired) electrons. The van der Waals surface area contributed by atoms with E-state index < -0.39 is 0 Å². The first-order chi connectivity index (χ1) is 14.2. The van der Waals surface area contributed by atoms with Gasteiger partial charge in [-0.3, -0.25) is 4.79 Å². The fourth-order valence-corrected chi connectivity index (χ4v) is 4.01. The molecular weight excluding hydrogens is 366 g/mol. The zero-order chi connectivity index (χ0) is 20.2. The van der Waals surface area contributed by atoms with E-state index in [0.717, 1.165) is 42.6 Å². The maximum Gasteiger partial charge on any atom is 0.282 e. The Hall–Kier alpha value is -3.15. The van der Waals surface area contributed by atoms with Gasteiger partial charge in [-0.25, -0.2) is 4.98 Å². The summed E-state index contributed by atoms with van der Waals surface area (Å²) in [5.41, 5.74) is 1.32. The van der Waals surface area contributed by atoms with Gasteiger partial charge in [0.1, 0.15) is 5.82 Å². The minimum atomic E-state index is -0.144. The summed E-state index contributed by atoms with van der Waals surface area (Å²) in [6, 6.07) is 13.0. The van der Waals surface area contributed by atoms with Gasteiger partial charge in [-0.2, -0.15) is 9.78 Å². The molecule has 1 fully saturated rings. The van der Waals surface area contributed by atoms with Gasteiger partial charge in [0.2, 0.25) is 0 Å². The van der Waals surface area contributed by atoms with Crippen molar-refractivity contribution in [1.29, 1.82) is 0 Å². The van der Waals surface area contributed by atoms with Gasteiger partial charge in [0.15, 0.2) is 11.5 Å². The summed E-state index contributed by atoms with van der Waals surface area (Å²) in [6.07, 6.45) is 7.25. The van der Waals surface area contributed by atoms with Crippen molar-refractivity contribution in [3.63, 3.8) is 0 Å². The summed E-state index contributed by atoms with van der Waals surface area (Å²) in [6.45, 7) is 0. The Labute approximate surface area is 169 Å². The van der Waals surface area contributed by atoms with Crippen LogP contribution in [0, 0.1) is 0 Å². The van der Waals surface area contributed by atoms with Gasteiger partial charge >= 0.3 is 0 Å². The minimum Gasteiger partial charge on any atom is -0.493 e. The predicted molar refractivity (Wildman–Crippen MR) is 114 cm³/mol. The number of ether oxygens (including phenoxy) is 2. The Morgan fingerprint density at radius 1 is 1.03 bits per heavy atom. The molecule has 6 heteroatoms. The lowest BCUT2D eigenvalue weighted by atomic mass is 9.88. The van der Waals surface area contributed by atoms with Crippen LogP contribution in [0.5, 0.6) is 11.5 Å². The molecule has 0 atom stereocenters. The van der Waals surface area contributed by atoms with E-state index in [9.17, 15) is 4.79 Å². The third kappa shape index (κ3) is 3.75. The molecule has 2 aromatic carbocycles. The van der Waals surface area contributed by atoms with Crippen LogP contribution in [0.3, 0.4) is 0 Å². The third-order valence-electron chi connectivity index (χ3n) is 5.49. The second-order valence-electron chi connectivity index (χ2n) is 7.27. The number of fused-ring (bicyclic) bond motifs is 1. The second-order valence-corrected chi connectivity index (χ2v) is 7.27. The molecule has 0 spiro atoms. The van der Waals surface area contributed by atoms with Crippen molar-refractivity contribution in [1.82, 2.24) is 9.66 Å². The highest BCUT2D eigenvalue weighted by molar-refractivity contribution is 5.85. The Morgan fingerprint density at radius 2 is 1.83 bits per heavy atom. The van der Waals surface area contributed by atoms with Crippen molar-refractivity contribution in [3.8, 4) is 11.5 Å². The fraction of sp³-hybridized carbons (Fsp3) is 0.348. The van der Waals surface area contributed by atoms with Crippen molar-refractivity contribution in [3.05, 3.63) is 64.2 Å². The van der Waals surface area contributed by atoms with Crippen LogP contribution in [-0.4, -0.2) is 30.1 Å². The maximum absolute atomic E-state index is 13.2. The van der Waals surface area contributed by atoms with E-state index in [-0.39, 0.29) is 11.5 Å². The SMILES string of the molecule is COc1cccc(C=Nn2c(C3CCCCC3)nc3ccccc3c2=O)c1OC. The number of rotatable bonds is 5. The molecule has 0 aliphatic heterocycles. The molecule has 1 aromatic heterocycles. The zero-order valence-corrected chi connectivity index (χ0v) is 16.8. The lowest BCUT2D eigenvalue weighted by Crippen LogP contribution is -2.25. The highest BCUT2D eigenvalue weighted by Crippen LogP contribution is 2.32. The van der Waals surface area contributed by atoms with Crippen molar-refractivity contribution in [2.24, 2.45) is 5.10 Å². The smallest absolute Gasteiger partial charge is 0.282 e. The lowest BCUT2D eigenvalue weighted by molar-refractivity contribution is 0.354. The Balaban J connectivity index is 1.85. The molecule has 1 heterocycles. The summed E-state index contributed by atoms with van der Waals surface area (Å²) in [5, 5.41) is 5.14. The number of benzene rings is 2. The second kappa shape index (κ2) is 8.47. The Bertz CT molecular complexity index is 1100. The number of aromatic nitrogens is 2. The number of nitrogens with zero attached hydrogens (tertiary/aromatic N) is 3. The van der Waals surface area contributed by atoms with Crippen LogP contribution in [0.1, 0.15) is 49.4 Å². The van der Waals surface area contributed by atoms with E-state index in [1.165, 1.54) is 11.1 Å². The number of hydrogen-bond donors (Lipinski definition) is 0. The van der Waals surface area contributed by atoms with E-state index in [1.54, 1.807) is 26.5 Å². The van der Waals surface area contributed by atoms with Gasteiger partial charge in [-0.05, 0) is 37.1 Å². The van der Waals surface area contributed by atoms with Gasteiger partial charge in [0.05, 0.1) is 31.3 Å². The summed E-state index contributed by atoms with van der Waals surface area (Å²) in [4.78, 5) is 18.1. The van der Waals surface area contributed by atoms with Crippen LogP contribution in [0.25, 0.3) is 10.9 Å². The topological polar surface area (TPSA) is 65.7 Å². The largest absolute Gasteiger partial charge is 0.493 e. The Morgan fingerprint density at radius 3 is 2.59 bits per heavy atom. The van der Waals surface area contributed by atoms with E-state index in [4.69, 9.17) is 14.5 Å². The van der Waals surface area contributed by atoms with Gasteiger partial charge < -0.3 is 9.47 Å². The average Bonchev–Trinajstić information content (AvgIpc) is 2.78. The first-order valence-corrected chi connectivity index (χ1v) is 10.00. The molecule has 0 unspecified atom stereocenters. The average molecular weight is 391 g/mol. The van der Waals surface area contributed by atoms with Crippen LogP contribution < -0.4 is 15.0 Å². The molecule has 0 N–H and O–H groups in total. The van der Waals surface area contributed by atoms with E-state index in [2.05, 4.69) is 5.10 Å². The number of methoxy groups -OCH3 is 2. The zero-order valence-electron chi connectivity index (χ0n) is 16.8. The molecule has 4 rings (SSSR count). The van der Waals surface area contributed by atoms with Crippen molar-refractivity contribution >= 4 is 17.1 Å². The van der Waals surface area contributed by atoms with Crippen LogP contribution in [0.2, 0.25) is 0 Å². The molecule has 0 amide bonds. The van der Waals surface area contributed by atoms with Crippen LogP contribution >= 0.6 is 0 Å². The molecule has 0 bridgehead atoms. The predicted octanol–water partition coefficient (Wildman–Crippen LogP) is 4.34. The summed E-state index contributed by atoms with van der Waals surface area (Å²) in [5.74, 6) is 2.18. The minimum absolute atomic E-state index is 0.144. The van der Waals surface area contributed by atoms with E-state index in [1.807, 2.05) is 36.4 Å². The third-order valence-corrected chi connectivity index (χ3v) is 5.49. The van der Waals surface area contributed by atoms with Crippen LogP contribution in [0.15, 0.2) is 52.4 Å². The monoisotopic (exact) mass is 391 g/mol. The standard InChI is InChI=1S/C23H25N3O3/c1-28-20-14-8-11-17(21(20)29-2)15-24-26-22(16-9-4-3-5-10-16)25-19-13-7-6-12-18(19)23(26)27/h6-8,11-16H,3-5,9-10H2,1-2H3. The maximum atomic E-state index is 13.2. The normalized spacial score (nSPS) is 15.1. The highest BCUT2D eigenvalue weighted by Gasteiger charge is 2.22. The van der Waals surface area contributed by atoms with Crippen LogP contribution in [0.4, 0.5) is 0 Å². The lowest BCUT2D eigenvalue weighted by Gasteiger charge is -2.22. The highest BCUT2D eigenvalue weighted by atomic mass is 16.5. The fourth-order valence-electron chi connectivity index (χ4n) is 4.01. The number of para-hydroxylation sites is 2. The van der Waals surface area contributed by atoms with Crippen molar-refractivity contribution in [2.75, 3.05) is 14.2 Å². The van der Waals surface area contributed by atoms with E-state index >= 15 is 0 Å². The van der Waals surface area contributed by atoms with Crippen LogP contribution in [-0.2, 0) is 0 Å². The van der Waals surface area contributed by atoms with Crippen molar-refractivity contribution < 1.29 is 9.47 Å². The van der Waals surface area contributed by atoms with Gasteiger partial charge in [0.25, 0.3) is 5.56 Å². The summed E-state index contributed by atoms with van der Waals surface area (Å²) in [7, 11) is 3.18. The molecular formula is C23H25N3O3. The van der Waals surface area contributed by atoms with Crippen molar-refractivity contribution in [2.45, 2.75) is 38.0 Å².